The van der Waals surface area contributed by atoms with Gasteiger partial charge in [-0.1, -0.05) is 73.5 Å². The second-order valence-corrected chi connectivity index (χ2v) is 14.7. The van der Waals surface area contributed by atoms with Crippen molar-refractivity contribution in [3.63, 3.8) is 0 Å². The van der Waals surface area contributed by atoms with Crippen molar-refractivity contribution >= 4 is 5.78 Å². The topological polar surface area (TPSA) is 37.3 Å². The smallest absolute Gasteiger partial charge is 0.137 e. The lowest BCUT2D eigenvalue weighted by molar-refractivity contribution is -0.183. The highest BCUT2D eigenvalue weighted by Crippen LogP contribution is 2.75. The van der Waals surface area contributed by atoms with E-state index in [1.54, 1.807) is 5.57 Å². The van der Waals surface area contributed by atoms with E-state index in [9.17, 15) is 9.90 Å². The monoisotopic (exact) mass is 440 g/mol. The van der Waals surface area contributed by atoms with E-state index in [0.29, 0.717) is 29.0 Å². The molecule has 5 aliphatic carbocycles. The van der Waals surface area contributed by atoms with Gasteiger partial charge < -0.3 is 5.11 Å². The Morgan fingerprint density at radius 3 is 2.28 bits per heavy atom. The van der Waals surface area contributed by atoms with Crippen molar-refractivity contribution in [2.24, 2.45) is 56.7 Å². The first-order valence-corrected chi connectivity index (χ1v) is 13.6. The Kier molecular flexibility index (Phi) is 4.87. The number of rotatable bonds is 1. The molecule has 4 fully saturated rings. The summed E-state index contributed by atoms with van der Waals surface area (Å²) in [5, 5.41) is 11.8. The van der Waals surface area contributed by atoms with Gasteiger partial charge in [0.05, 0.1) is 6.10 Å². The average molecular weight is 441 g/mol. The predicted octanol–water partition coefficient (Wildman–Crippen LogP) is 7.20. The Morgan fingerprint density at radius 1 is 0.938 bits per heavy atom. The molecule has 9 atom stereocenters. The van der Waals surface area contributed by atoms with Crippen molar-refractivity contribution in [3.05, 3.63) is 11.6 Å². The molecule has 0 amide bonds. The van der Waals surface area contributed by atoms with Gasteiger partial charge in [-0.05, 0) is 83.4 Å². The second-order valence-electron chi connectivity index (χ2n) is 14.7. The van der Waals surface area contributed by atoms with Crippen LogP contribution in [-0.2, 0) is 4.79 Å². The van der Waals surface area contributed by atoms with Gasteiger partial charge in [-0.3, -0.25) is 4.79 Å². The minimum Gasteiger partial charge on any atom is -0.392 e. The molecule has 5 rings (SSSR count). The van der Waals surface area contributed by atoms with E-state index < -0.39 is 0 Å². The highest BCUT2D eigenvalue weighted by molar-refractivity contribution is 5.85. The Bertz CT molecular complexity index is 853. The molecule has 9 unspecified atom stereocenters. The van der Waals surface area contributed by atoms with E-state index in [4.69, 9.17) is 0 Å². The molecule has 2 heteroatoms. The maximum Gasteiger partial charge on any atom is 0.137 e. The number of carbonyl (C=O) groups is 1. The van der Waals surface area contributed by atoms with E-state index in [2.05, 4.69) is 61.5 Å². The van der Waals surface area contributed by atoms with Crippen LogP contribution >= 0.6 is 0 Å². The molecule has 4 saturated carbocycles. The van der Waals surface area contributed by atoms with Crippen molar-refractivity contribution in [2.75, 3.05) is 0 Å². The third-order valence-corrected chi connectivity index (χ3v) is 12.7. The summed E-state index contributed by atoms with van der Waals surface area (Å²) in [4.78, 5) is 13.3. The minimum atomic E-state index is -0.247. The molecule has 0 aromatic heterocycles. The number of ketones is 1. The Hall–Kier alpha value is -0.630. The van der Waals surface area contributed by atoms with Crippen molar-refractivity contribution in [3.8, 4) is 0 Å². The van der Waals surface area contributed by atoms with Crippen LogP contribution in [0.1, 0.15) is 107 Å². The lowest BCUT2D eigenvalue weighted by Gasteiger charge is -2.69. The number of Topliss-reactive ketones (excluding diaryl/α,β-unsaturated/α-hetero) is 1. The molecule has 2 nitrogen and oxygen atoms in total. The fourth-order valence-corrected chi connectivity index (χ4v) is 11.1. The van der Waals surface area contributed by atoms with Gasteiger partial charge in [0.25, 0.3) is 0 Å². The highest BCUT2D eigenvalue weighted by Gasteiger charge is 2.70. The largest absolute Gasteiger partial charge is 0.392 e. The summed E-state index contributed by atoms with van der Waals surface area (Å²) in [6, 6.07) is 0. The van der Waals surface area contributed by atoms with E-state index in [-0.39, 0.29) is 39.6 Å². The van der Waals surface area contributed by atoms with Gasteiger partial charge in [0.2, 0.25) is 0 Å². The van der Waals surface area contributed by atoms with Crippen LogP contribution in [0.3, 0.4) is 0 Å². The normalized spacial score (nSPS) is 54.4. The van der Waals surface area contributed by atoms with E-state index in [1.165, 1.54) is 19.3 Å². The molecule has 0 saturated heterocycles. The first kappa shape index (κ1) is 23.1. The standard InChI is InChI=1S/C30H48O2/c1-18(2)24-20(31)17-23-28(24,6)14-15-30(8)25-19(10-13-29(23,30)7)27(5)12-9-11-26(3,4)22(27)16-21(25)32/h10,18,21-25,32H,9,11-17H2,1-8H3. The summed E-state index contributed by atoms with van der Waals surface area (Å²) in [7, 11) is 0. The van der Waals surface area contributed by atoms with Crippen molar-refractivity contribution in [1.82, 2.24) is 0 Å². The molecule has 1 N–H and O–H groups in total. The fraction of sp³-hybridized carbons (Fsp3) is 0.900. The van der Waals surface area contributed by atoms with Gasteiger partial charge in [-0.25, -0.2) is 0 Å². The average Bonchev–Trinajstić information content (AvgIpc) is 2.96. The Morgan fingerprint density at radius 2 is 1.62 bits per heavy atom. The molecule has 0 spiro atoms. The summed E-state index contributed by atoms with van der Waals surface area (Å²) in [5.74, 6) is 2.40. The van der Waals surface area contributed by atoms with Crippen LogP contribution in [0.15, 0.2) is 11.6 Å². The number of allylic oxidation sites excluding steroid dienone is 1. The molecular weight excluding hydrogens is 392 g/mol. The van der Waals surface area contributed by atoms with Crippen LogP contribution < -0.4 is 0 Å². The lowest BCUT2D eigenvalue weighted by Crippen LogP contribution is -2.64. The zero-order chi connectivity index (χ0) is 23.5. The zero-order valence-electron chi connectivity index (χ0n) is 22.1. The van der Waals surface area contributed by atoms with Crippen LogP contribution in [0.4, 0.5) is 0 Å². The molecule has 0 heterocycles. The molecule has 0 aliphatic heterocycles. The van der Waals surface area contributed by atoms with Crippen LogP contribution in [0.2, 0.25) is 0 Å². The SMILES string of the molecule is CC(C)C1C(=O)CC2C1(C)CCC1(C)C3C(=CCC21C)C1(C)CCCC(C)(C)C1CC3O. The summed E-state index contributed by atoms with van der Waals surface area (Å²) in [6.07, 6.45) is 11.3. The van der Waals surface area contributed by atoms with Crippen LogP contribution in [0.5, 0.6) is 0 Å². The maximum absolute atomic E-state index is 13.3. The molecule has 0 bridgehead atoms. The van der Waals surface area contributed by atoms with E-state index in [0.717, 1.165) is 32.1 Å². The molecule has 0 radical (unpaired) electrons. The van der Waals surface area contributed by atoms with Crippen molar-refractivity contribution < 1.29 is 9.90 Å². The Labute approximate surface area is 197 Å². The summed E-state index contributed by atoms with van der Waals surface area (Å²) in [5.41, 5.74) is 2.40. The fourth-order valence-electron chi connectivity index (χ4n) is 11.1. The van der Waals surface area contributed by atoms with Crippen molar-refractivity contribution in [1.29, 1.82) is 0 Å². The maximum atomic E-state index is 13.3. The van der Waals surface area contributed by atoms with E-state index in [1.807, 2.05) is 0 Å². The minimum absolute atomic E-state index is 0.0718. The quantitative estimate of drug-likeness (QED) is 0.438. The van der Waals surface area contributed by atoms with Crippen LogP contribution in [-0.4, -0.2) is 17.0 Å². The summed E-state index contributed by atoms with van der Waals surface area (Å²) in [6.45, 7) is 19.4. The first-order valence-electron chi connectivity index (χ1n) is 13.6. The van der Waals surface area contributed by atoms with Gasteiger partial charge >= 0.3 is 0 Å². The number of hydrogen-bond donors (Lipinski definition) is 1. The van der Waals surface area contributed by atoms with E-state index >= 15 is 0 Å². The molecule has 5 aliphatic rings. The van der Waals surface area contributed by atoms with Gasteiger partial charge in [-0.2, -0.15) is 0 Å². The molecule has 0 aromatic carbocycles. The predicted molar refractivity (Wildman–Crippen MR) is 131 cm³/mol. The number of carbonyl (C=O) groups excluding carboxylic acids is 1. The molecular formula is C30H48O2. The van der Waals surface area contributed by atoms with Gasteiger partial charge in [-0.15, -0.1) is 0 Å². The number of aliphatic hydroxyl groups excluding tert-OH is 1. The summed E-state index contributed by atoms with van der Waals surface area (Å²) >= 11 is 0. The number of hydrogen-bond acceptors (Lipinski definition) is 2. The number of aliphatic hydroxyl groups is 1. The van der Waals surface area contributed by atoms with Gasteiger partial charge in [0.15, 0.2) is 0 Å². The molecule has 32 heavy (non-hydrogen) atoms. The second kappa shape index (κ2) is 6.73. The molecule has 0 aromatic rings. The van der Waals surface area contributed by atoms with Crippen molar-refractivity contribution in [2.45, 2.75) is 113 Å². The third-order valence-electron chi connectivity index (χ3n) is 12.7. The first-order chi connectivity index (χ1) is 14.7. The summed E-state index contributed by atoms with van der Waals surface area (Å²) < 4.78 is 0. The van der Waals surface area contributed by atoms with Gasteiger partial charge in [0.1, 0.15) is 5.78 Å². The van der Waals surface area contributed by atoms with Gasteiger partial charge in [0, 0.05) is 18.3 Å². The highest BCUT2D eigenvalue weighted by atomic mass is 16.3. The zero-order valence-corrected chi connectivity index (χ0v) is 22.1. The third kappa shape index (κ3) is 2.60. The van der Waals surface area contributed by atoms with Crippen LogP contribution in [0, 0.1) is 56.7 Å². The van der Waals surface area contributed by atoms with Crippen LogP contribution in [0.25, 0.3) is 0 Å². The molecule has 180 valence electrons. The Balaban J connectivity index is 1.61. The number of fused-ring (bicyclic) bond motifs is 7. The lowest BCUT2D eigenvalue weighted by atomic mass is 9.35.